The second-order valence-corrected chi connectivity index (χ2v) is 9.74. The van der Waals surface area contributed by atoms with Crippen molar-refractivity contribution in [3.05, 3.63) is 94.3 Å². The van der Waals surface area contributed by atoms with Gasteiger partial charge >= 0.3 is 0 Å². The SMILES string of the molecule is C[C@@H](NC(=O)c1c(N)nn2cccnc12)c1nc2cccc(C#CC3CCCC3)c2c(=O)n1-c1ccccc1. The van der Waals surface area contributed by atoms with E-state index in [-0.39, 0.29) is 16.9 Å². The largest absolute Gasteiger partial charge is 0.381 e. The van der Waals surface area contributed by atoms with Crippen LogP contribution in [0.5, 0.6) is 0 Å². The fraction of sp³-hybridized carbons (Fsp3) is 0.233. The Morgan fingerprint density at radius 3 is 2.69 bits per heavy atom. The van der Waals surface area contributed by atoms with Crippen molar-refractivity contribution in [1.29, 1.82) is 0 Å². The topological polar surface area (TPSA) is 120 Å². The molecule has 3 aromatic heterocycles. The van der Waals surface area contributed by atoms with Gasteiger partial charge in [0.05, 0.1) is 22.6 Å². The average Bonchev–Trinajstić information content (AvgIpc) is 3.59. The molecule has 1 aliphatic rings. The van der Waals surface area contributed by atoms with Gasteiger partial charge in [-0.1, -0.05) is 48.9 Å². The van der Waals surface area contributed by atoms with Crippen molar-refractivity contribution < 1.29 is 4.79 Å². The molecule has 0 unspecified atom stereocenters. The molecule has 0 bridgehead atoms. The Morgan fingerprint density at radius 1 is 1.10 bits per heavy atom. The summed E-state index contributed by atoms with van der Waals surface area (Å²) in [4.78, 5) is 36.6. The van der Waals surface area contributed by atoms with Gasteiger partial charge in [0.2, 0.25) is 0 Å². The van der Waals surface area contributed by atoms with Crippen molar-refractivity contribution in [2.75, 3.05) is 5.73 Å². The lowest BCUT2D eigenvalue weighted by molar-refractivity contribution is 0.0940. The number of carbonyl (C=O) groups is 1. The van der Waals surface area contributed by atoms with E-state index in [9.17, 15) is 9.59 Å². The van der Waals surface area contributed by atoms with E-state index in [1.165, 1.54) is 17.4 Å². The van der Waals surface area contributed by atoms with Crippen molar-refractivity contribution in [2.45, 2.75) is 38.6 Å². The smallest absolute Gasteiger partial charge is 0.267 e. The molecule has 0 saturated heterocycles. The highest BCUT2D eigenvalue weighted by Crippen LogP contribution is 2.25. The molecule has 2 aromatic carbocycles. The van der Waals surface area contributed by atoms with Crippen LogP contribution in [0, 0.1) is 17.8 Å². The highest BCUT2D eigenvalue weighted by molar-refractivity contribution is 6.04. The molecule has 1 atom stereocenters. The fourth-order valence-corrected chi connectivity index (χ4v) is 5.17. The molecule has 6 rings (SSSR count). The zero-order valence-electron chi connectivity index (χ0n) is 21.5. The van der Waals surface area contributed by atoms with Gasteiger partial charge in [0.15, 0.2) is 11.5 Å². The monoisotopic (exact) mass is 517 g/mol. The highest BCUT2D eigenvalue weighted by Gasteiger charge is 2.25. The molecular weight excluding hydrogens is 490 g/mol. The van der Waals surface area contributed by atoms with E-state index >= 15 is 0 Å². The van der Waals surface area contributed by atoms with E-state index in [1.54, 1.807) is 36.0 Å². The molecule has 9 heteroatoms. The summed E-state index contributed by atoms with van der Waals surface area (Å²) < 4.78 is 3.00. The lowest BCUT2D eigenvalue weighted by Gasteiger charge is -2.20. The molecule has 0 radical (unpaired) electrons. The molecule has 1 saturated carbocycles. The van der Waals surface area contributed by atoms with Crippen LogP contribution in [0.1, 0.15) is 60.4 Å². The number of nitrogen functional groups attached to an aromatic ring is 1. The third kappa shape index (κ3) is 4.50. The second kappa shape index (κ2) is 10.1. The number of nitrogens with zero attached hydrogens (tertiary/aromatic N) is 5. The van der Waals surface area contributed by atoms with Crippen LogP contribution < -0.4 is 16.6 Å². The normalized spacial score (nSPS) is 14.3. The number of hydrogen-bond donors (Lipinski definition) is 2. The maximum atomic E-state index is 14.1. The third-order valence-corrected chi connectivity index (χ3v) is 7.09. The van der Waals surface area contributed by atoms with Crippen LogP contribution in [0.4, 0.5) is 5.82 Å². The lowest BCUT2D eigenvalue weighted by Crippen LogP contribution is -2.33. The molecule has 0 aliphatic heterocycles. The first-order valence-electron chi connectivity index (χ1n) is 13.0. The van der Waals surface area contributed by atoms with Crippen molar-refractivity contribution in [2.24, 2.45) is 5.92 Å². The highest BCUT2D eigenvalue weighted by atomic mass is 16.2. The van der Waals surface area contributed by atoms with Gasteiger partial charge in [-0.2, -0.15) is 0 Å². The number of para-hydroxylation sites is 1. The molecule has 1 aliphatic carbocycles. The number of anilines is 1. The standard InChI is InChI=1S/C30H27N7O2/c1-19(33-29(38)25-26(31)35-36-18-8-17-32-28(25)36)27-34-23-14-7-11-21(16-15-20-9-5-6-10-20)24(23)30(39)37(27)22-12-3-2-4-13-22/h2-4,7-8,11-14,17-20H,5-6,9-10H2,1H3,(H2,31,35)(H,33,38)/t19-/m1/s1. The van der Waals surface area contributed by atoms with Gasteiger partial charge < -0.3 is 11.1 Å². The zero-order chi connectivity index (χ0) is 26.9. The van der Waals surface area contributed by atoms with Crippen LogP contribution in [0.2, 0.25) is 0 Å². The predicted octanol–water partition coefficient (Wildman–Crippen LogP) is 4.04. The first-order valence-corrected chi connectivity index (χ1v) is 13.0. The maximum absolute atomic E-state index is 14.1. The number of amides is 1. The summed E-state index contributed by atoms with van der Waals surface area (Å²) in [6, 6.07) is 15.9. The third-order valence-electron chi connectivity index (χ3n) is 7.09. The van der Waals surface area contributed by atoms with E-state index in [0.717, 1.165) is 12.8 Å². The molecule has 0 spiro atoms. The predicted molar refractivity (Wildman–Crippen MR) is 149 cm³/mol. The fourth-order valence-electron chi connectivity index (χ4n) is 5.17. The van der Waals surface area contributed by atoms with Crippen LogP contribution in [-0.2, 0) is 0 Å². The molecule has 39 heavy (non-hydrogen) atoms. The number of rotatable bonds is 4. The summed E-state index contributed by atoms with van der Waals surface area (Å²) in [5.41, 5.74) is 8.17. The Bertz CT molecular complexity index is 1820. The minimum atomic E-state index is -0.652. The molecule has 5 aromatic rings. The summed E-state index contributed by atoms with van der Waals surface area (Å²) in [5.74, 6) is 6.99. The number of nitrogens with two attached hydrogens (primary N) is 1. The summed E-state index contributed by atoms with van der Waals surface area (Å²) in [5, 5.41) is 7.59. The molecule has 1 amide bonds. The Morgan fingerprint density at radius 2 is 1.90 bits per heavy atom. The number of nitrogens with one attached hydrogen (secondary N) is 1. The van der Waals surface area contributed by atoms with Crippen LogP contribution in [0.15, 0.2) is 71.8 Å². The van der Waals surface area contributed by atoms with Crippen molar-refractivity contribution in [1.82, 2.24) is 29.5 Å². The average molecular weight is 518 g/mol. The molecule has 194 valence electrons. The summed E-state index contributed by atoms with van der Waals surface area (Å²) >= 11 is 0. The summed E-state index contributed by atoms with van der Waals surface area (Å²) in [6.45, 7) is 1.78. The molecule has 3 heterocycles. The number of aromatic nitrogens is 5. The minimum Gasteiger partial charge on any atom is -0.381 e. The Hall–Kier alpha value is -4.97. The molecule has 1 fully saturated rings. The van der Waals surface area contributed by atoms with Crippen LogP contribution in [0.3, 0.4) is 0 Å². The summed E-state index contributed by atoms with van der Waals surface area (Å²) in [7, 11) is 0. The van der Waals surface area contributed by atoms with E-state index < -0.39 is 11.9 Å². The van der Waals surface area contributed by atoms with Gasteiger partial charge in [-0.15, -0.1) is 5.10 Å². The Labute approximate surface area is 224 Å². The number of fused-ring (bicyclic) bond motifs is 2. The molecule has 3 N–H and O–H groups in total. The number of benzene rings is 2. The Balaban J connectivity index is 1.46. The van der Waals surface area contributed by atoms with Gasteiger partial charge in [0.25, 0.3) is 11.5 Å². The molecular formula is C30H27N7O2. The first-order chi connectivity index (χ1) is 19.0. The van der Waals surface area contributed by atoms with Crippen molar-refractivity contribution in [3.63, 3.8) is 0 Å². The number of carbonyl (C=O) groups excluding carboxylic acids is 1. The quantitative estimate of drug-likeness (QED) is 0.347. The zero-order valence-corrected chi connectivity index (χ0v) is 21.5. The minimum absolute atomic E-state index is 0.0656. The summed E-state index contributed by atoms with van der Waals surface area (Å²) in [6.07, 6.45) is 7.82. The molecule has 9 nitrogen and oxygen atoms in total. The van der Waals surface area contributed by atoms with Gasteiger partial charge in [-0.05, 0) is 50.1 Å². The van der Waals surface area contributed by atoms with Gasteiger partial charge in [-0.3, -0.25) is 14.2 Å². The van der Waals surface area contributed by atoms with Gasteiger partial charge in [0, 0.05) is 23.9 Å². The van der Waals surface area contributed by atoms with Crippen molar-refractivity contribution in [3.8, 4) is 17.5 Å². The second-order valence-electron chi connectivity index (χ2n) is 9.74. The van der Waals surface area contributed by atoms with E-state index in [1.807, 2.05) is 42.5 Å². The Kier molecular flexibility index (Phi) is 6.29. The van der Waals surface area contributed by atoms with Crippen molar-refractivity contribution >= 4 is 28.3 Å². The van der Waals surface area contributed by atoms with E-state index in [2.05, 4.69) is 27.2 Å². The van der Waals surface area contributed by atoms with Crippen LogP contribution in [0.25, 0.3) is 22.2 Å². The van der Waals surface area contributed by atoms with Crippen LogP contribution in [-0.4, -0.2) is 30.1 Å². The maximum Gasteiger partial charge on any atom is 0.267 e. The number of hydrogen-bond acceptors (Lipinski definition) is 6. The van der Waals surface area contributed by atoms with E-state index in [0.29, 0.717) is 39.5 Å². The van der Waals surface area contributed by atoms with Gasteiger partial charge in [0.1, 0.15) is 11.4 Å². The van der Waals surface area contributed by atoms with E-state index in [4.69, 9.17) is 10.7 Å². The lowest BCUT2D eigenvalue weighted by atomic mass is 10.1. The van der Waals surface area contributed by atoms with Gasteiger partial charge in [-0.25, -0.2) is 14.5 Å². The first kappa shape index (κ1) is 24.4. The van der Waals surface area contributed by atoms with Crippen LogP contribution >= 0.6 is 0 Å².